The number of benzene rings is 3. The first-order valence-corrected chi connectivity index (χ1v) is 10.4. The predicted octanol–water partition coefficient (Wildman–Crippen LogP) is 7.45. The fraction of sp³-hybridized carbons (Fsp3) is 0.0345. The van der Waals surface area contributed by atoms with Gasteiger partial charge in [-0.15, -0.1) is 0 Å². The number of hydrogen-bond donors (Lipinski definition) is 0. The fourth-order valence-electron chi connectivity index (χ4n) is 4.01. The summed E-state index contributed by atoms with van der Waals surface area (Å²) in [6.07, 6.45) is 5.68. The fourth-order valence-corrected chi connectivity index (χ4v) is 4.01. The molecule has 31 heavy (non-hydrogen) atoms. The zero-order valence-electron chi connectivity index (χ0n) is 17.4. The van der Waals surface area contributed by atoms with Gasteiger partial charge < -0.3 is 0 Å². The third-order valence-corrected chi connectivity index (χ3v) is 5.60. The highest BCUT2D eigenvalue weighted by Crippen LogP contribution is 2.40. The van der Waals surface area contributed by atoms with Crippen LogP contribution in [-0.2, 0) is 0 Å². The lowest BCUT2D eigenvalue weighted by atomic mass is 9.88. The Morgan fingerprint density at radius 2 is 1.16 bits per heavy atom. The summed E-state index contributed by atoms with van der Waals surface area (Å²) in [4.78, 5) is 9.09. The quantitative estimate of drug-likeness (QED) is 0.314. The number of aryl methyl sites for hydroxylation is 1. The maximum absolute atomic E-state index is 4.82. The van der Waals surface area contributed by atoms with E-state index in [9.17, 15) is 0 Å². The molecule has 148 valence electrons. The second kappa shape index (κ2) is 8.37. The maximum Gasteiger partial charge on any atom is 0.0720 e. The highest BCUT2D eigenvalue weighted by Gasteiger charge is 2.14. The molecule has 0 aliphatic carbocycles. The lowest BCUT2D eigenvalue weighted by Crippen LogP contribution is -1.93. The smallest absolute Gasteiger partial charge is 0.0720 e. The molecule has 0 N–H and O–H groups in total. The minimum absolute atomic E-state index is 0.938. The molecule has 2 heteroatoms. The van der Waals surface area contributed by atoms with E-state index in [2.05, 4.69) is 103 Å². The Hall–Kier alpha value is -4.04. The molecule has 0 amide bonds. The zero-order chi connectivity index (χ0) is 21.0. The summed E-state index contributed by atoms with van der Waals surface area (Å²) >= 11 is 0. The molecule has 2 nitrogen and oxygen atoms in total. The first-order valence-electron chi connectivity index (χ1n) is 10.4. The summed E-state index contributed by atoms with van der Waals surface area (Å²) in [5.74, 6) is 0. The SMILES string of the molecule is Cc1ccncc1-c1ccc(-c2c(-c3ccccc3)cccc2-c2ccccc2)cn1. The molecule has 0 fully saturated rings. The number of aromatic nitrogens is 2. The topological polar surface area (TPSA) is 25.8 Å². The van der Waals surface area contributed by atoms with Crippen LogP contribution in [0.25, 0.3) is 44.6 Å². The molecular weight excluding hydrogens is 376 g/mol. The standard InChI is InChI=1S/C29H22N2/c1-21-17-18-30-20-27(21)28-16-15-24(19-31-28)29-25(22-9-4-2-5-10-22)13-8-14-26(29)23-11-6-3-7-12-23/h2-20H,1H3. The van der Waals surface area contributed by atoms with Crippen molar-refractivity contribution in [2.24, 2.45) is 0 Å². The highest BCUT2D eigenvalue weighted by atomic mass is 14.7. The molecule has 0 saturated carbocycles. The van der Waals surface area contributed by atoms with Crippen LogP contribution >= 0.6 is 0 Å². The van der Waals surface area contributed by atoms with E-state index in [0.717, 1.165) is 16.8 Å². The van der Waals surface area contributed by atoms with Crippen molar-refractivity contribution >= 4 is 0 Å². The average Bonchev–Trinajstić information content (AvgIpc) is 2.85. The van der Waals surface area contributed by atoms with Crippen molar-refractivity contribution in [1.82, 2.24) is 9.97 Å². The summed E-state index contributed by atoms with van der Waals surface area (Å²) in [7, 11) is 0. The number of rotatable bonds is 4. The van der Waals surface area contributed by atoms with Gasteiger partial charge in [0.15, 0.2) is 0 Å². The van der Waals surface area contributed by atoms with Crippen LogP contribution in [0, 0.1) is 6.92 Å². The van der Waals surface area contributed by atoms with Gasteiger partial charge >= 0.3 is 0 Å². The lowest BCUT2D eigenvalue weighted by Gasteiger charge is -2.16. The van der Waals surface area contributed by atoms with Crippen LogP contribution in [0.2, 0.25) is 0 Å². The molecule has 0 unspecified atom stereocenters. The van der Waals surface area contributed by atoms with Crippen LogP contribution < -0.4 is 0 Å². The van der Waals surface area contributed by atoms with Gasteiger partial charge in [0.05, 0.1) is 5.69 Å². The Balaban J connectivity index is 1.70. The average molecular weight is 399 g/mol. The van der Waals surface area contributed by atoms with Crippen LogP contribution in [0.15, 0.2) is 116 Å². The van der Waals surface area contributed by atoms with Crippen LogP contribution in [0.5, 0.6) is 0 Å². The van der Waals surface area contributed by atoms with Crippen molar-refractivity contribution < 1.29 is 0 Å². The summed E-state index contributed by atoms with van der Waals surface area (Å²) in [5, 5.41) is 0. The van der Waals surface area contributed by atoms with Gasteiger partial charge in [0, 0.05) is 29.7 Å². The molecule has 0 saturated heterocycles. The van der Waals surface area contributed by atoms with Crippen molar-refractivity contribution in [1.29, 1.82) is 0 Å². The van der Waals surface area contributed by atoms with E-state index in [4.69, 9.17) is 4.98 Å². The van der Waals surface area contributed by atoms with Crippen LogP contribution in [-0.4, -0.2) is 9.97 Å². The van der Waals surface area contributed by atoms with Crippen molar-refractivity contribution in [3.8, 4) is 44.6 Å². The molecule has 5 aromatic rings. The molecule has 2 heterocycles. The lowest BCUT2D eigenvalue weighted by molar-refractivity contribution is 1.25. The summed E-state index contributed by atoms with van der Waals surface area (Å²) < 4.78 is 0. The molecule has 0 spiro atoms. The van der Waals surface area contributed by atoms with Gasteiger partial charge in [-0.3, -0.25) is 9.97 Å². The van der Waals surface area contributed by atoms with E-state index in [-0.39, 0.29) is 0 Å². The van der Waals surface area contributed by atoms with E-state index < -0.39 is 0 Å². The third kappa shape index (κ3) is 3.76. The van der Waals surface area contributed by atoms with Gasteiger partial charge in [0.25, 0.3) is 0 Å². The van der Waals surface area contributed by atoms with Crippen molar-refractivity contribution in [2.75, 3.05) is 0 Å². The van der Waals surface area contributed by atoms with Crippen LogP contribution in [0.3, 0.4) is 0 Å². The maximum atomic E-state index is 4.82. The van der Waals surface area contributed by atoms with Gasteiger partial charge in [-0.2, -0.15) is 0 Å². The number of nitrogens with zero attached hydrogens (tertiary/aromatic N) is 2. The molecule has 2 aromatic heterocycles. The Kier molecular flexibility index (Phi) is 5.12. The summed E-state index contributed by atoms with van der Waals surface area (Å²) in [5.41, 5.74) is 10.3. The molecule has 0 aliphatic rings. The van der Waals surface area contributed by atoms with Gasteiger partial charge in [-0.1, -0.05) is 84.9 Å². The zero-order valence-corrected chi connectivity index (χ0v) is 17.4. The normalized spacial score (nSPS) is 10.7. The largest absolute Gasteiger partial charge is 0.264 e. The van der Waals surface area contributed by atoms with Gasteiger partial charge in [0.2, 0.25) is 0 Å². The van der Waals surface area contributed by atoms with E-state index in [1.807, 2.05) is 24.7 Å². The summed E-state index contributed by atoms with van der Waals surface area (Å²) in [6.45, 7) is 2.09. The Morgan fingerprint density at radius 3 is 1.71 bits per heavy atom. The molecular formula is C29H22N2. The molecule has 0 radical (unpaired) electrons. The second-order valence-electron chi connectivity index (χ2n) is 7.58. The van der Waals surface area contributed by atoms with E-state index in [1.165, 1.54) is 33.4 Å². The Labute approximate surface area is 182 Å². The summed E-state index contributed by atoms with van der Waals surface area (Å²) in [6, 6.07) is 33.9. The predicted molar refractivity (Wildman–Crippen MR) is 129 cm³/mol. The van der Waals surface area contributed by atoms with Crippen molar-refractivity contribution in [2.45, 2.75) is 6.92 Å². The number of pyridine rings is 2. The third-order valence-electron chi connectivity index (χ3n) is 5.60. The van der Waals surface area contributed by atoms with E-state index in [1.54, 1.807) is 0 Å². The monoisotopic (exact) mass is 398 g/mol. The minimum atomic E-state index is 0.938. The van der Waals surface area contributed by atoms with E-state index >= 15 is 0 Å². The second-order valence-corrected chi connectivity index (χ2v) is 7.58. The molecule has 0 aliphatic heterocycles. The first-order chi connectivity index (χ1) is 15.3. The van der Waals surface area contributed by atoms with E-state index in [0.29, 0.717) is 0 Å². The van der Waals surface area contributed by atoms with Crippen LogP contribution in [0.1, 0.15) is 5.56 Å². The van der Waals surface area contributed by atoms with Gasteiger partial charge in [-0.25, -0.2) is 0 Å². The van der Waals surface area contributed by atoms with Gasteiger partial charge in [-0.05, 0) is 52.4 Å². The molecule has 5 rings (SSSR count). The van der Waals surface area contributed by atoms with Gasteiger partial charge in [0.1, 0.15) is 0 Å². The highest BCUT2D eigenvalue weighted by molar-refractivity contribution is 5.94. The van der Waals surface area contributed by atoms with Crippen molar-refractivity contribution in [3.63, 3.8) is 0 Å². The Bertz CT molecular complexity index is 1250. The Morgan fingerprint density at radius 1 is 0.516 bits per heavy atom. The number of hydrogen-bond acceptors (Lipinski definition) is 2. The molecule has 0 bridgehead atoms. The van der Waals surface area contributed by atoms with Crippen molar-refractivity contribution in [3.05, 3.63) is 121 Å². The molecule has 0 atom stereocenters. The van der Waals surface area contributed by atoms with Crippen LogP contribution in [0.4, 0.5) is 0 Å². The minimum Gasteiger partial charge on any atom is -0.264 e. The first kappa shape index (κ1) is 19.0. The molecule has 3 aromatic carbocycles.